The van der Waals surface area contributed by atoms with E-state index in [4.69, 9.17) is 8.83 Å². The molecule has 6 aromatic carbocycles. The number of para-hydroxylation sites is 2. The predicted molar refractivity (Wildman–Crippen MR) is 172 cm³/mol. The molecule has 0 radical (unpaired) electrons. The summed E-state index contributed by atoms with van der Waals surface area (Å²) < 4.78 is 12.3. The fraction of sp³-hybridized carbons (Fsp3) is 0.0526. The van der Waals surface area contributed by atoms with Gasteiger partial charge in [0, 0.05) is 33.1 Å². The molecule has 0 N–H and O–H groups in total. The van der Waals surface area contributed by atoms with Crippen molar-refractivity contribution in [2.75, 3.05) is 0 Å². The zero-order chi connectivity index (χ0) is 26.9. The van der Waals surface area contributed by atoms with Crippen LogP contribution in [0.5, 0.6) is 0 Å². The average Bonchev–Trinajstić information content (AvgIpc) is 3.53. The van der Waals surface area contributed by atoms with Crippen LogP contribution in [0.3, 0.4) is 0 Å². The van der Waals surface area contributed by atoms with Crippen molar-refractivity contribution in [3.63, 3.8) is 0 Å². The van der Waals surface area contributed by atoms with Crippen LogP contribution in [0.4, 0.5) is 0 Å². The number of rotatable bonds is 2. The topological polar surface area (TPSA) is 26.3 Å². The fourth-order valence-corrected chi connectivity index (χ4v) is 7.49. The standard InChI is InChI=1S/C38H24O2S/c1-3-9-34-29(6-1)33-19-24(16-17-36(33)39-34)23-12-14-26-21-41-22-27-15-13-25(20-32(27)31(26)18-23)28-8-5-11-37-38(28)30-7-2-4-10-35(30)40-37/h1-20H,21-22H2. The zero-order valence-corrected chi connectivity index (χ0v) is 23.0. The van der Waals surface area contributed by atoms with Gasteiger partial charge in [-0.25, -0.2) is 0 Å². The van der Waals surface area contributed by atoms with Gasteiger partial charge in [-0.2, -0.15) is 11.8 Å². The van der Waals surface area contributed by atoms with Gasteiger partial charge in [0.2, 0.25) is 0 Å². The van der Waals surface area contributed by atoms with Crippen LogP contribution in [-0.2, 0) is 11.5 Å². The van der Waals surface area contributed by atoms with E-state index in [1.54, 1.807) is 0 Å². The molecule has 2 aromatic heterocycles. The molecule has 1 aliphatic heterocycles. The van der Waals surface area contributed by atoms with Gasteiger partial charge < -0.3 is 8.83 Å². The van der Waals surface area contributed by atoms with Crippen LogP contribution in [0.2, 0.25) is 0 Å². The Labute approximate surface area is 241 Å². The van der Waals surface area contributed by atoms with Crippen molar-refractivity contribution in [2.45, 2.75) is 11.5 Å². The summed E-state index contributed by atoms with van der Waals surface area (Å²) in [6, 6.07) is 43.5. The van der Waals surface area contributed by atoms with Crippen molar-refractivity contribution < 1.29 is 8.83 Å². The second-order valence-corrected chi connectivity index (χ2v) is 11.8. The molecule has 1 aliphatic rings. The largest absolute Gasteiger partial charge is 0.456 e. The van der Waals surface area contributed by atoms with Crippen LogP contribution in [0, 0.1) is 0 Å². The van der Waals surface area contributed by atoms with Gasteiger partial charge in [-0.05, 0) is 87.0 Å². The van der Waals surface area contributed by atoms with Gasteiger partial charge in [-0.3, -0.25) is 0 Å². The molecule has 2 nitrogen and oxygen atoms in total. The normalized spacial score (nSPS) is 13.1. The van der Waals surface area contributed by atoms with Crippen LogP contribution in [0.25, 0.3) is 77.3 Å². The van der Waals surface area contributed by atoms with E-state index in [1.165, 1.54) is 49.9 Å². The minimum Gasteiger partial charge on any atom is -0.456 e. The van der Waals surface area contributed by atoms with Crippen molar-refractivity contribution in [1.29, 1.82) is 0 Å². The third-order valence-corrected chi connectivity index (χ3v) is 9.48. The molecule has 0 unspecified atom stereocenters. The van der Waals surface area contributed by atoms with Crippen LogP contribution >= 0.6 is 11.8 Å². The van der Waals surface area contributed by atoms with Crippen LogP contribution in [0.15, 0.2) is 130 Å². The van der Waals surface area contributed by atoms with Crippen LogP contribution < -0.4 is 0 Å². The van der Waals surface area contributed by atoms with E-state index >= 15 is 0 Å². The number of thioether (sulfide) groups is 1. The van der Waals surface area contributed by atoms with E-state index in [-0.39, 0.29) is 0 Å². The average molecular weight is 545 g/mol. The van der Waals surface area contributed by atoms with Gasteiger partial charge in [0.05, 0.1) is 0 Å². The molecule has 0 aliphatic carbocycles. The molecule has 9 rings (SSSR count). The van der Waals surface area contributed by atoms with Gasteiger partial charge in [0.25, 0.3) is 0 Å². The van der Waals surface area contributed by atoms with E-state index in [0.717, 1.165) is 50.0 Å². The fourth-order valence-electron chi connectivity index (χ4n) is 6.44. The zero-order valence-electron chi connectivity index (χ0n) is 22.2. The van der Waals surface area contributed by atoms with Gasteiger partial charge in [0.1, 0.15) is 22.3 Å². The van der Waals surface area contributed by atoms with Crippen molar-refractivity contribution in [1.82, 2.24) is 0 Å². The third-order valence-electron chi connectivity index (χ3n) is 8.45. The summed E-state index contributed by atoms with van der Waals surface area (Å²) in [6.07, 6.45) is 0. The molecule has 0 amide bonds. The van der Waals surface area contributed by atoms with Crippen molar-refractivity contribution in [3.05, 3.63) is 132 Å². The lowest BCUT2D eigenvalue weighted by Gasteiger charge is -2.14. The first-order valence-electron chi connectivity index (χ1n) is 14.0. The molecule has 0 saturated heterocycles. The molecule has 3 heterocycles. The molecule has 0 fully saturated rings. The smallest absolute Gasteiger partial charge is 0.136 e. The highest BCUT2D eigenvalue weighted by Crippen LogP contribution is 2.43. The summed E-state index contributed by atoms with van der Waals surface area (Å²) >= 11 is 1.99. The maximum absolute atomic E-state index is 6.21. The number of hydrogen-bond donors (Lipinski definition) is 0. The highest BCUT2D eigenvalue weighted by Gasteiger charge is 2.19. The Kier molecular flexibility index (Phi) is 4.99. The first-order valence-corrected chi connectivity index (χ1v) is 15.1. The van der Waals surface area contributed by atoms with Gasteiger partial charge in [-0.1, -0.05) is 78.9 Å². The second kappa shape index (κ2) is 8.89. The molecule has 3 heteroatoms. The van der Waals surface area contributed by atoms with Crippen LogP contribution in [-0.4, -0.2) is 0 Å². The summed E-state index contributed by atoms with van der Waals surface area (Å²) in [5, 5.41) is 4.66. The predicted octanol–water partition coefficient (Wildman–Crippen LogP) is 11.2. The van der Waals surface area contributed by atoms with E-state index in [1.807, 2.05) is 30.0 Å². The summed E-state index contributed by atoms with van der Waals surface area (Å²) in [5.74, 6) is 2.01. The number of hydrogen-bond acceptors (Lipinski definition) is 3. The first kappa shape index (κ1) is 23.0. The maximum Gasteiger partial charge on any atom is 0.136 e. The lowest BCUT2D eigenvalue weighted by atomic mass is 9.89. The SMILES string of the molecule is c1ccc2c(c1)oc1ccc(-c3ccc4c(c3)-c3cc(-c5cccc6oc7ccccc7c56)ccc3CSC4)cc12. The van der Waals surface area contributed by atoms with Crippen molar-refractivity contribution in [2.24, 2.45) is 0 Å². The van der Waals surface area contributed by atoms with Gasteiger partial charge >= 0.3 is 0 Å². The highest BCUT2D eigenvalue weighted by molar-refractivity contribution is 7.97. The molecule has 41 heavy (non-hydrogen) atoms. The number of benzene rings is 6. The van der Waals surface area contributed by atoms with Gasteiger partial charge in [0.15, 0.2) is 0 Å². The van der Waals surface area contributed by atoms with Crippen molar-refractivity contribution in [3.8, 4) is 33.4 Å². The molecule has 0 bridgehead atoms. The molecule has 0 spiro atoms. The van der Waals surface area contributed by atoms with E-state index in [2.05, 4.69) is 103 Å². The highest BCUT2D eigenvalue weighted by atomic mass is 32.2. The first-order chi connectivity index (χ1) is 20.3. The molecular formula is C38H24O2S. The minimum atomic E-state index is 0.928. The Morgan fingerprint density at radius 3 is 1.83 bits per heavy atom. The van der Waals surface area contributed by atoms with Crippen LogP contribution in [0.1, 0.15) is 11.1 Å². The van der Waals surface area contributed by atoms with E-state index in [9.17, 15) is 0 Å². The molecule has 194 valence electrons. The Morgan fingerprint density at radius 1 is 0.415 bits per heavy atom. The maximum atomic E-state index is 6.21. The monoisotopic (exact) mass is 544 g/mol. The summed E-state index contributed by atoms with van der Waals surface area (Å²) in [4.78, 5) is 0. The Balaban J connectivity index is 1.22. The Bertz CT molecular complexity index is 2300. The lowest BCUT2D eigenvalue weighted by molar-refractivity contribution is 0.668. The number of fused-ring (bicyclic) bond motifs is 9. The Morgan fingerprint density at radius 2 is 1.00 bits per heavy atom. The van der Waals surface area contributed by atoms with E-state index in [0.29, 0.717) is 0 Å². The quantitative estimate of drug-likeness (QED) is 0.216. The molecular weight excluding hydrogens is 520 g/mol. The lowest BCUT2D eigenvalue weighted by Crippen LogP contribution is -1.91. The van der Waals surface area contributed by atoms with Crippen molar-refractivity contribution >= 4 is 55.6 Å². The summed E-state index contributed by atoms with van der Waals surface area (Å²) in [5.41, 5.74) is 14.0. The summed E-state index contributed by atoms with van der Waals surface area (Å²) in [7, 11) is 0. The van der Waals surface area contributed by atoms with Gasteiger partial charge in [-0.15, -0.1) is 0 Å². The summed E-state index contributed by atoms with van der Waals surface area (Å²) in [6.45, 7) is 0. The molecule has 8 aromatic rings. The second-order valence-electron chi connectivity index (χ2n) is 10.8. The third kappa shape index (κ3) is 3.59. The molecule has 0 atom stereocenters. The minimum absolute atomic E-state index is 0.928. The number of furan rings is 2. The Hall–Kier alpha value is -4.73. The van der Waals surface area contributed by atoms with E-state index < -0.39 is 0 Å². The molecule has 0 saturated carbocycles.